The minimum atomic E-state index is -0.394. The summed E-state index contributed by atoms with van der Waals surface area (Å²) < 4.78 is 5.99. The summed E-state index contributed by atoms with van der Waals surface area (Å²) in [5.41, 5.74) is 0.405. The topological polar surface area (TPSA) is 56.2 Å². The molecule has 1 aliphatic carbocycles. The first-order chi connectivity index (χ1) is 11.4. The van der Waals surface area contributed by atoms with E-state index in [1.165, 1.54) is 12.8 Å². The fourth-order valence-electron chi connectivity index (χ4n) is 4.03. The van der Waals surface area contributed by atoms with Gasteiger partial charge in [0.25, 0.3) is 0 Å². The standard InChI is InChI=1S/C19H38N2O3/c1-19(2,3)16-4-6-18(7-5-16)24-15-17(23)14-21-10-8-20(9-11-21)12-13-22/h16-18,22-23H,4-15H2,1-3H3/t16?,17-,18?/m0/s1. The molecule has 1 aliphatic heterocycles. The zero-order valence-electron chi connectivity index (χ0n) is 15.9. The molecule has 2 N–H and O–H groups in total. The minimum absolute atomic E-state index is 0.230. The van der Waals surface area contributed by atoms with Gasteiger partial charge in [-0.3, -0.25) is 9.80 Å². The van der Waals surface area contributed by atoms with Crippen molar-refractivity contribution in [3.63, 3.8) is 0 Å². The number of hydrogen-bond acceptors (Lipinski definition) is 5. The van der Waals surface area contributed by atoms with E-state index in [0.29, 0.717) is 24.7 Å². The maximum absolute atomic E-state index is 10.3. The molecule has 0 spiro atoms. The van der Waals surface area contributed by atoms with Crippen LogP contribution in [0.25, 0.3) is 0 Å². The van der Waals surface area contributed by atoms with Gasteiger partial charge in [0.05, 0.1) is 25.4 Å². The molecule has 0 aromatic rings. The van der Waals surface area contributed by atoms with Gasteiger partial charge < -0.3 is 14.9 Å². The fourth-order valence-corrected chi connectivity index (χ4v) is 4.03. The molecular weight excluding hydrogens is 304 g/mol. The van der Waals surface area contributed by atoms with Gasteiger partial charge >= 0.3 is 0 Å². The van der Waals surface area contributed by atoms with Gasteiger partial charge in [0.1, 0.15) is 0 Å². The number of piperazine rings is 1. The zero-order valence-corrected chi connectivity index (χ0v) is 15.9. The molecule has 0 unspecified atom stereocenters. The molecule has 0 amide bonds. The van der Waals surface area contributed by atoms with Crippen LogP contribution >= 0.6 is 0 Å². The van der Waals surface area contributed by atoms with Crippen LogP contribution in [-0.4, -0.2) is 84.7 Å². The van der Waals surface area contributed by atoms with E-state index >= 15 is 0 Å². The predicted octanol–water partition coefficient (Wildman–Crippen LogP) is 1.58. The molecule has 2 fully saturated rings. The Morgan fingerprint density at radius 2 is 1.58 bits per heavy atom. The van der Waals surface area contributed by atoms with Crippen LogP contribution in [0.1, 0.15) is 46.5 Å². The largest absolute Gasteiger partial charge is 0.395 e. The zero-order chi connectivity index (χ0) is 17.6. The lowest BCUT2D eigenvalue weighted by molar-refractivity contribution is -0.0473. The van der Waals surface area contributed by atoms with E-state index in [2.05, 4.69) is 30.6 Å². The molecule has 0 radical (unpaired) electrons. The van der Waals surface area contributed by atoms with Crippen molar-refractivity contribution in [2.45, 2.75) is 58.7 Å². The van der Waals surface area contributed by atoms with Gasteiger partial charge in [0.2, 0.25) is 0 Å². The van der Waals surface area contributed by atoms with Crippen molar-refractivity contribution >= 4 is 0 Å². The van der Waals surface area contributed by atoms with Crippen LogP contribution in [-0.2, 0) is 4.74 Å². The average molecular weight is 343 g/mol. The SMILES string of the molecule is CC(C)(C)C1CCC(OC[C@@H](O)CN2CCN(CCO)CC2)CC1. The van der Waals surface area contributed by atoms with Gasteiger partial charge in [-0.05, 0) is 37.0 Å². The first-order valence-electron chi connectivity index (χ1n) is 9.73. The van der Waals surface area contributed by atoms with Crippen LogP contribution in [0.15, 0.2) is 0 Å². The van der Waals surface area contributed by atoms with Gasteiger partial charge in [0, 0.05) is 39.3 Å². The highest BCUT2D eigenvalue weighted by Crippen LogP contribution is 2.38. The molecule has 0 bridgehead atoms. The third-order valence-corrected chi connectivity index (χ3v) is 5.77. The van der Waals surface area contributed by atoms with E-state index in [4.69, 9.17) is 9.84 Å². The number of aliphatic hydroxyl groups is 2. The van der Waals surface area contributed by atoms with Gasteiger partial charge in [-0.15, -0.1) is 0 Å². The van der Waals surface area contributed by atoms with Crippen molar-refractivity contribution in [2.24, 2.45) is 11.3 Å². The monoisotopic (exact) mass is 342 g/mol. The fraction of sp³-hybridized carbons (Fsp3) is 1.00. The average Bonchev–Trinajstić information content (AvgIpc) is 2.55. The molecule has 1 saturated heterocycles. The van der Waals surface area contributed by atoms with E-state index in [-0.39, 0.29) is 6.61 Å². The minimum Gasteiger partial charge on any atom is -0.395 e. The molecule has 5 nitrogen and oxygen atoms in total. The van der Waals surface area contributed by atoms with Crippen molar-refractivity contribution < 1.29 is 14.9 Å². The number of hydrogen-bond donors (Lipinski definition) is 2. The molecule has 2 rings (SSSR count). The lowest BCUT2D eigenvalue weighted by atomic mass is 9.72. The number of ether oxygens (including phenoxy) is 1. The summed E-state index contributed by atoms with van der Waals surface area (Å²) >= 11 is 0. The first kappa shape index (κ1) is 20.1. The summed E-state index contributed by atoms with van der Waals surface area (Å²) in [4.78, 5) is 4.57. The highest BCUT2D eigenvalue weighted by Gasteiger charge is 2.30. The summed E-state index contributed by atoms with van der Waals surface area (Å²) in [6.45, 7) is 13.0. The van der Waals surface area contributed by atoms with E-state index in [1.54, 1.807) is 0 Å². The van der Waals surface area contributed by atoms with Crippen LogP contribution in [0.2, 0.25) is 0 Å². The summed E-state index contributed by atoms with van der Waals surface area (Å²) in [5, 5.41) is 19.2. The smallest absolute Gasteiger partial charge is 0.0900 e. The van der Waals surface area contributed by atoms with Gasteiger partial charge in [-0.2, -0.15) is 0 Å². The second-order valence-electron chi connectivity index (χ2n) is 8.69. The molecule has 1 saturated carbocycles. The lowest BCUT2D eigenvalue weighted by Gasteiger charge is -2.37. The van der Waals surface area contributed by atoms with Crippen molar-refractivity contribution in [3.05, 3.63) is 0 Å². The van der Waals surface area contributed by atoms with Crippen molar-refractivity contribution in [1.29, 1.82) is 0 Å². The Morgan fingerprint density at radius 3 is 2.12 bits per heavy atom. The second-order valence-corrected chi connectivity index (χ2v) is 8.69. The lowest BCUT2D eigenvalue weighted by Crippen LogP contribution is -2.49. The van der Waals surface area contributed by atoms with E-state index < -0.39 is 6.10 Å². The van der Waals surface area contributed by atoms with E-state index in [1.807, 2.05) is 0 Å². The summed E-state index contributed by atoms with van der Waals surface area (Å²) in [6, 6.07) is 0. The second kappa shape index (κ2) is 9.48. The number of nitrogens with zero attached hydrogens (tertiary/aromatic N) is 2. The van der Waals surface area contributed by atoms with Crippen LogP contribution in [0, 0.1) is 11.3 Å². The van der Waals surface area contributed by atoms with Gasteiger partial charge in [0.15, 0.2) is 0 Å². The highest BCUT2D eigenvalue weighted by molar-refractivity contribution is 4.81. The number of β-amino-alcohol motifs (C(OH)–C–C–N with tert-alkyl or cyclic N) is 2. The predicted molar refractivity (Wildman–Crippen MR) is 97.1 cm³/mol. The van der Waals surface area contributed by atoms with E-state index in [9.17, 15) is 5.11 Å². The summed E-state index contributed by atoms with van der Waals surface area (Å²) in [6.07, 6.45) is 4.70. The Morgan fingerprint density at radius 1 is 1.00 bits per heavy atom. The van der Waals surface area contributed by atoms with Gasteiger partial charge in [-0.1, -0.05) is 20.8 Å². The van der Waals surface area contributed by atoms with Crippen LogP contribution < -0.4 is 0 Å². The molecular formula is C19H38N2O3. The maximum Gasteiger partial charge on any atom is 0.0900 e. The molecule has 0 aromatic heterocycles. The maximum atomic E-state index is 10.3. The van der Waals surface area contributed by atoms with Crippen LogP contribution in [0.4, 0.5) is 0 Å². The molecule has 0 aromatic carbocycles. The first-order valence-corrected chi connectivity index (χ1v) is 9.73. The quantitative estimate of drug-likeness (QED) is 0.736. The number of rotatable bonds is 7. The molecule has 1 heterocycles. The molecule has 24 heavy (non-hydrogen) atoms. The Balaban J connectivity index is 1.58. The molecule has 1 atom stereocenters. The summed E-state index contributed by atoms with van der Waals surface area (Å²) in [5.74, 6) is 0.803. The van der Waals surface area contributed by atoms with E-state index in [0.717, 1.165) is 51.5 Å². The highest BCUT2D eigenvalue weighted by atomic mass is 16.5. The third-order valence-electron chi connectivity index (χ3n) is 5.77. The summed E-state index contributed by atoms with van der Waals surface area (Å²) in [7, 11) is 0. The van der Waals surface area contributed by atoms with Crippen LogP contribution in [0.3, 0.4) is 0 Å². The Kier molecular flexibility index (Phi) is 7.95. The molecule has 142 valence electrons. The van der Waals surface area contributed by atoms with Crippen molar-refractivity contribution in [3.8, 4) is 0 Å². The Hall–Kier alpha value is -0.200. The van der Waals surface area contributed by atoms with Crippen LogP contribution in [0.5, 0.6) is 0 Å². The number of aliphatic hydroxyl groups excluding tert-OH is 2. The Labute approximate surface area is 148 Å². The van der Waals surface area contributed by atoms with Crippen molar-refractivity contribution in [2.75, 3.05) is 52.5 Å². The Bertz CT molecular complexity index is 343. The van der Waals surface area contributed by atoms with Gasteiger partial charge in [-0.25, -0.2) is 0 Å². The molecule has 2 aliphatic rings. The molecule has 5 heteroatoms. The normalized spacial score (nSPS) is 28.9. The van der Waals surface area contributed by atoms with Crippen molar-refractivity contribution in [1.82, 2.24) is 9.80 Å². The third kappa shape index (κ3) is 6.60.